The molecule has 3 nitrogen and oxygen atoms in total. The molecule has 1 heterocycles. The van der Waals surface area contributed by atoms with Gasteiger partial charge in [0.1, 0.15) is 5.82 Å². The zero-order chi connectivity index (χ0) is 13.9. The number of halogens is 1. The second-order valence-electron chi connectivity index (χ2n) is 5.65. The summed E-state index contributed by atoms with van der Waals surface area (Å²) in [5, 5.41) is 8.79. The first-order chi connectivity index (χ1) is 9.78. The molecule has 0 spiro atoms. The lowest BCUT2D eigenvalue weighted by Gasteiger charge is -2.43. The summed E-state index contributed by atoms with van der Waals surface area (Å²) in [6.45, 7) is 2.21. The summed E-state index contributed by atoms with van der Waals surface area (Å²) in [4.78, 5) is 2.35. The minimum Gasteiger partial charge on any atom is -0.375 e. The molecule has 0 bridgehead atoms. The van der Waals surface area contributed by atoms with Gasteiger partial charge < -0.3 is 4.74 Å². The number of morpholine rings is 1. The third-order valence-corrected chi connectivity index (χ3v) is 4.40. The van der Waals surface area contributed by atoms with Crippen molar-refractivity contribution >= 4 is 0 Å². The number of ether oxygens (including phenoxy) is 1. The Morgan fingerprint density at radius 2 is 2.20 bits per heavy atom. The molecule has 0 N–H and O–H groups in total. The van der Waals surface area contributed by atoms with Crippen LogP contribution in [-0.2, 0) is 11.3 Å². The lowest BCUT2D eigenvalue weighted by atomic mass is 9.90. The predicted octanol–water partition coefficient (Wildman–Crippen LogP) is 2.84. The standard InChI is InChI=1S/C16H19FN2O/c17-14-9-12(10-18)5-6-13(14)11-19-7-8-20-16-4-2-1-3-15(16)19/h5-6,9,15-16H,1-4,7-8,11H2/t15-,16+/m0/s1. The third kappa shape index (κ3) is 2.70. The summed E-state index contributed by atoms with van der Waals surface area (Å²) in [6, 6.07) is 7.15. The second-order valence-corrected chi connectivity index (χ2v) is 5.65. The molecule has 4 heteroatoms. The van der Waals surface area contributed by atoms with E-state index in [4.69, 9.17) is 10.00 Å². The molecule has 2 fully saturated rings. The molecule has 0 amide bonds. The third-order valence-electron chi connectivity index (χ3n) is 4.40. The number of rotatable bonds is 2. The van der Waals surface area contributed by atoms with E-state index >= 15 is 0 Å². The summed E-state index contributed by atoms with van der Waals surface area (Å²) in [5.74, 6) is -0.275. The van der Waals surface area contributed by atoms with Crippen molar-refractivity contribution in [3.63, 3.8) is 0 Å². The summed E-state index contributed by atoms with van der Waals surface area (Å²) in [6.07, 6.45) is 5.05. The fourth-order valence-electron chi connectivity index (χ4n) is 3.34. The van der Waals surface area contributed by atoms with Crippen LogP contribution in [0.3, 0.4) is 0 Å². The van der Waals surface area contributed by atoms with E-state index in [9.17, 15) is 4.39 Å². The molecule has 20 heavy (non-hydrogen) atoms. The Morgan fingerprint density at radius 1 is 1.35 bits per heavy atom. The highest BCUT2D eigenvalue weighted by Gasteiger charge is 2.34. The highest BCUT2D eigenvalue weighted by molar-refractivity contribution is 5.32. The first kappa shape index (κ1) is 13.5. The monoisotopic (exact) mass is 274 g/mol. The molecule has 2 atom stereocenters. The predicted molar refractivity (Wildman–Crippen MR) is 73.5 cm³/mol. The van der Waals surface area contributed by atoms with Crippen LogP contribution in [0.15, 0.2) is 18.2 Å². The van der Waals surface area contributed by atoms with Crippen molar-refractivity contribution in [2.75, 3.05) is 13.2 Å². The Balaban J connectivity index is 1.74. The average Bonchev–Trinajstić information content (AvgIpc) is 2.49. The lowest BCUT2D eigenvalue weighted by Crippen LogP contribution is -2.52. The summed E-state index contributed by atoms with van der Waals surface area (Å²) < 4.78 is 19.8. The Morgan fingerprint density at radius 3 is 3.00 bits per heavy atom. The van der Waals surface area contributed by atoms with Gasteiger partial charge in [0.25, 0.3) is 0 Å². The van der Waals surface area contributed by atoms with Crippen LogP contribution in [-0.4, -0.2) is 30.2 Å². The van der Waals surface area contributed by atoms with Gasteiger partial charge in [-0.25, -0.2) is 4.39 Å². The maximum atomic E-state index is 14.0. The van der Waals surface area contributed by atoms with E-state index in [1.54, 1.807) is 12.1 Å². The van der Waals surface area contributed by atoms with Gasteiger partial charge in [-0.1, -0.05) is 18.9 Å². The van der Waals surface area contributed by atoms with E-state index < -0.39 is 0 Å². The van der Waals surface area contributed by atoms with Crippen molar-refractivity contribution in [3.8, 4) is 6.07 Å². The van der Waals surface area contributed by atoms with Gasteiger partial charge in [-0.05, 0) is 25.0 Å². The van der Waals surface area contributed by atoms with Crippen molar-refractivity contribution in [2.45, 2.75) is 44.4 Å². The lowest BCUT2D eigenvalue weighted by molar-refractivity contribution is -0.0913. The highest BCUT2D eigenvalue weighted by Crippen LogP contribution is 2.29. The van der Waals surface area contributed by atoms with E-state index in [0.717, 1.165) is 26.0 Å². The average molecular weight is 274 g/mol. The quantitative estimate of drug-likeness (QED) is 0.832. The summed E-state index contributed by atoms with van der Waals surface area (Å²) >= 11 is 0. The first-order valence-corrected chi connectivity index (χ1v) is 7.32. The maximum Gasteiger partial charge on any atom is 0.129 e. The van der Waals surface area contributed by atoms with Crippen LogP contribution in [0, 0.1) is 17.1 Å². The molecular formula is C16H19FN2O. The largest absolute Gasteiger partial charge is 0.375 e. The first-order valence-electron chi connectivity index (χ1n) is 7.32. The van der Waals surface area contributed by atoms with Crippen LogP contribution in [0.25, 0.3) is 0 Å². The molecule has 3 rings (SSSR count). The molecule has 1 aromatic rings. The van der Waals surface area contributed by atoms with E-state index in [1.165, 1.54) is 18.9 Å². The van der Waals surface area contributed by atoms with Gasteiger partial charge >= 0.3 is 0 Å². The van der Waals surface area contributed by atoms with Crippen LogP contribution >= 0.6 is 0 Å². The molecular weight excluding hydrogens is 255 g/mol. The van der Waals surface area contributed by atoms with Crippen molar-refractivity contribution in [2.24, 2.45) is 0 Å². The molecule has 0 aromatic heterocycles. The SMILES string of the molecule is N#Cc1ccc(CN2CCO[C@@H]3CCCC[C@@H]32)c(F)c1. The number of fused-ring (bicyclic) bond motifs is 1. The molecule has 0 unspecified atom stereocenters. The van der Waals surface area contributed by atoms with Gasteiger partial charge in [0.15, 0.2) is 0 Å². The van der Waals surface area contributed by atoms with Crippen LogP contribution in [0.2, 0.25) is 0 Å². The normalized spacial score (nSPS) is 26.8. The van der Waals surface area contributed by atoms with Crippen LogP contribution < -0.4 is 0 Å². The zero-order valence-corrected chi connectivity index (χ0v) is 11.5. The smallest absolute Gasteiger partial charge is 0.129 e. The molecule has 1 saturated heterocycles. The Bertz CT molecular complexity index is 524. The van der Waals surface area contributed by atoms with E-state index in [1.807, 2.05) is 6.07 Å². The van der Waals surface area contributed by atoms with Gasteiger partial charge in [-0.15, -0.1) is 0 Å². The fourth-order valence-corrected chi connectivity index (χ4v) is 3.34. The topological polar surface area (TPSA) is 36.3 Å². The van der Waals surface area contributed by atoms with E-state index in [-0.39, 0.29) is 5.82 Å². The van der Waals surface area contributed by atoms with E-state index in [0.29, 0.717) is 29.8 Å². The number of hydrogen-bond acceptors (Lipinski definition) is 3. The minimum absolute atomic E-state index is 0.275. The van der Waals surface area contributed by atoms with E-state index in [2.05, 4.69) is 4.90 Å². The van der Waals surface area contributed by atoms with Gasteiger partial charge in [-0.2, -0.15) is 5.26 Å². The van der Waals surface area contributed by atoms with Gasteiger partial charge in [0.2, 0.25) is 0 Å². The Labute approximate surface area is 119 Å². The summed E-state index contributed by atoms with van der Waals surface area (Å²) in [7, 11) is 0. The number of nitriles is 1. The zero-order valence-electron chi connectivity index (χ0n) is 11.5. The Kier molecular flexibility index (Phi) is 4.00. The molecule has 106 valence electrons. The van der Waals surface area contributed by atoms with Crippen molar-refractivity contribution < 1.29 is 9.13 Å². The molecule has 0 radical (unpaired) electrons. The second kappa shape index (κ2) is 5.90. The maximum absolute atomic E-state index is 14.0. The fraction of sp³-hybridized carbons (Fsp3) is 0.562. The van der Waals surface area contributed by atoms with Crippen LogP contribution in [0.5, 0.6) is 0 Å². The van der Waals surface area contributed by atoms with Gasteiger partial charge in [0.05, 0.1) is 24.3 Å². The molecule has 2 aliphatic rings. The molecule has 1 aromatic carbocycles. The Hall–Kier alpha value is -1.44. The number of nitrogens with zero attached hydrogens (tertiary/aromatic N) is 2. The minimum atomic E-state index is -0.275. The highest BCUT2D eigenvalue weighted by atomic mass is 19.1. The van der Waals surface area contributed by atoms with Gasteiger partial charge in [0, 0.05) is 24.7 Å². The molecule has 1 aliphatic heterocycles. The number of benzene rings is 1. The summed E-state index contributed by atoms with van der Waals surface area (Å²) in [5.41, 5.74) is 1.05. The van der Waals surface area contributed by atoms with Crippen molar-refractivity contribution in [1.82, 2.24) is 4.90 Å². The van der Waals surface area contributed by atoms with Crippen molar-refractivity contribution in [3.05, 3.63) is 35.1 Å². The number of hydrogen-bond donors (Lipinski definition) is 0. The van der Waals surface area contributed by atoms with Crippen LogP contribution in [0.1, 0.15) is 36.8 Å². The molecule has 1 aliphatic carbocycles. The van der Waals surface area contributed by atoms with Gasteiger partial charge in [-0.3, -0.25) is 4.90 Å². The molecule has 1 saturated carbocycles. The van der Waals surface area contributed by atoms with Crippen molar-refractivity contribution in [1.29, 1.82) is 5.26 Å². The van der Waals surface area contributed by atoms with Crippen LogP contribution in [0.4, 0.5) is 4.39 Å².